The van der Waals surface area contributed by atoms with E-state index in [-0.39, 0.29) is 51.2 Å². The van der Waals surface area contributed by atoms with Crippen molar-refractivity contribution < 1.29 is 19.7 Å². The first-order valence-corrected chi connectivity index (χ1v) is 23.1. The highest BCUT2D eigenvalue weighted by molar-refractivity contribution is 5.69. The Balaban J connectivity index is 1.09. The molecule has 5 rings (SSSR count). The summed E-state index contributed by atoms with van der Waals surface area (Å²) in [6, 6.07) is 0. The number of aliphatic hydroxyl groups excluding tert-OH is 1. The fourth-order valence-corrected chi connectivity index (χ4v) is 14.8. The van der Waals surface area contributed by atoms with Gasteiger partial charge in [-0.1, -0.05) is 138 Å². The number of fused-ring (bicyclic) bond motifs is 7. The van der Waals surface area contributed by atoms with E-state index in [9.17, 15) is 15.0 Å². The van der Waals surface area contributed by atoms with Crippen molar-refractivity contribution in [2.24, 2.45) is 56.7 Å². The highest BCUT2D eigenvalue weighted by Gasteiger charge is 2.72. The minimum atomic E-state index is -0.714. The average Bonchev–Trinajstić information content (AvgIpc) is 3.44. The second kappa shape index (κ2) is 16.9. The predicted octanol–water partition coefficient (Wildman–Crippen LogP) is 13.0. The SMILES string of the molecule is CCCCCCCCCCCCCCCCCC(=O)OC1CCC2(C)C(CCC3(C)C2CCC2C4C(C(C)(C)O)CCC4(C)C(O)CC23C)C1(C)C. The Bertz CT molecular complexity index is 1160. The Morgan fingerprint density at radius 3 is 1.75 bits per heavy atom. The van der Waals surface area contributed by atoms with Gasteiger partial charge in [0, 0.05) is 11.8 Å². The highest BCUT2D eigenvalue weighted by atomic mass is 16.5. The van der Waals surface area contributed by atoms with E-state index in [1.165, 1.54) is 109 Å². The summed E-state index contributed by atoms with van der Waals surface area (Å²) in [5.41, 5.74) is -0.424. The fourth-order valence-electron chi connectivity index (χ4n) is 14.8. The van der Waals surface area contributed by atoms with E-state index in [1.54, 1.807) is 0 Å². The first-order chi connectivity index (χ1) is 24.5. The molecule has 0 radical (unpaired) electrons. The van der Waals surface area contributed by atoms with Crippen molar-refractivity contribution in [3.63, 3.8) is 0 Å². The van der Waals surface area contributed by atoms with E-state index in [0.29, 0.717) is 30.1 Å². The molecule has 0 aliphatic heterocycles. The fraction of sp³-hybridized carbons (Fsp3) is 0.979. The summed E-state index contributed by atoms with van der Waals surface area (Å²) in [4.78, 5) is 13.2. The van der Waals surface area contributed by atoms with Gasteiger partial charge in [0.1, 0.15) is 6.10 Å². The molecule has 4 nitrogen and oxygen atoms in total. The number of hydrogen-bond donors (Lipinski definition) is 2. The number of unbranched alkanes of at least 4 members (excludes halogenated alkanes) is 14. The molecule has 2 N–H and O–H groups in total. The van der Waals surface area contributed by atoms with Crippen molar-refractivity contribution >= 4 is 5.97 Å². The molecular weight excluding hydrogens is 641 g/mol. The Morgan fingerprint density at radius 2 is 1.19 bits per heavy atom. The van der Waals surface area contributed by atoms with E-state index in [2.05, 4.69) is 48.5 Å². The lowest BCUT2D eigenvalue weighted by molar-refractivity contribution is -0.267. The van der Waals surface area contributed by atoms with Crippen LogP contribution in [-0.2, 0) is 9.53 Å². The van der Waals surface area contributed by atoms with E-state index in [1.807, 2.05) is 13.8 Å². The van der Waals surface area contributed by atoms with Gasteiger partial charge in [-0.25, -0.2) is 0 Å². The third-order valence-corrected chi connectivity index (χ3v) is 18.0. The van der Waals surface area contributed by atoms with Crippen LogP contribution in [0.25, 0.3) is 0 Å². The second-order valence-electron chi connectivity index (χ2n) is 21.8. The van der Waals surface area contributed by atoms with Crippen LogP contribution in [0.4, 0.5) is 0 Å². The maximum absolute atomic E-state index is 13.2. The van der Waals surface area contributed by atoms with Crippen LogP contribution in [0.3, 0.4) is 0 Å². The highest BCUT2D eigenvalue weighted by Crippen LogP contribution is 2.77. The lowest BCUT2D eigenvalue weighted by Crippen LogP contribution is -2.68. The number of carbonyl (C=O) groups excluding carboxylic acids is 1. The number of rotatable bonds is 18. The van der Waals surface area contributed by atoms with Crippen LogP contribution in [-0.4, -0.2) is 34.0 Å². The smallest absolute Gasteiger partial charge is 0.306 e. The van der Waals surface area contributed by atoms with Crippen LogP contribution in [0.15, 0.2) is 0 Å². The van der Waals surface area contributed by atoms with Gasteiger partial charge in [-0.15, -0.1) is 0 Å². The summed E-state index contributed by atoms with van der Waals surface area (Å²) in [6.07, 6.45) is 30.3. The minimum Gasteiger partial charge on any atom is -0.462 e. The molecule has 5 aliphatic carbocycles. The first-order valence-electron chi connectivity index (χ1n) is 23.1. The lowest BCUT2D eigenvalue weighted by atomic mass is 9.32. The van der Waals surface area contributed by atoms with Crippen molar-refractivity contribution in [2.45, 2.75) is 241 Å². The normalized spacial score (nSPS) is 41.1. The van der Waals surface area contributed by atoms with Crippen LogP contribution in [0.5, 0.6) is 0 Å². The maximum Gasteiger partial charge on any atom is 0.306 e. The molecule has 302 valence electrons. The number of aliphatic hydroxyl groups is 2. The molecule has 11 unspecified atom stereocenters. The second-order valence-corrected chi connectivity index (χ2v) is 21.8. The van der Waals surface area contributed by atoms with Crippen molar-refractivity contribution in [1.29, 1.82) is 0 Å². The molecule has 0 saturated heterocycles. The quantitative estimate of drug-likeness (QED) is 0.109. The molecule has 0 amide bonds. The van der Waals surface area contributed by atoms with Gasteiger partial charge < -0.3 is 14.9 Å². The molecule has 5 aliphatic rings. The molecule has 11 atom stereocenters. The number of ether oxygens (including phenoxy) is 1. The van der Waals surface area contributed by atoms with Crippen LogP contribution in [0.1, 0.15) is 223 Å². The zero-order valence-corrected chi connectivity index (χ0v) is 35.9. The van der Waals surface area contributed by atoms with Gasteiger partial charge in [-0.3, -0.25) is 4.79 Å². The van der Waals surface area contributed by atoms with E-state index < -0.39 is 5.60 Å². The Kier molecular flexibility index (Phi) is 13.8. The molecule has 5 saturated carbocycles. The monoisotopic (exact) mass is 727 g/mol. The van der Waals surface area contributed by atoms with Gasteiger partial charge in [0.05, 0.1) is 11.7 Å². The van der Waals surface area contributed by atoms with Crippen molar-refractivity contribution in [3.8, 4) is 0 Å². The predicted molar refractivity (Wildman–Crippen MR) is 217 cm³/mol. The molecule has 0 aromatic rings. The van der Waals surface area contributed by atoms with Gasteiger partial charge in [-0.2, -0.15) is 0 Å². The van der Waals surface area contributed by atoms with Crippen molar-refractivity contribution in [3.05, 3.63) is 0 Å². The maximum atomic E-state index is 13.2. The largest absolute Gasteiger partial charge is 0.462 e. The molecule has 52 heavy (non-hydrogen) atoms. The third kappa shape index (κ3) is 8.11. The average molecular weight is 727 g/mol. The van der Waals surface area contributed by atoms with E-state index in [0.717, 1.165) is 44.9 Å². The topological polar surface area (TPSA) is 66.8 Å². The lowest BCUT2D eigenvalue weighted by Gasteiger charge is -2.73. The molecule has 0 bridgehead atoms. The van der Waals surface area contributed by atoms with Gasteiger partial charge in [0.2, 0.25) is 0 Å². The summed E-state index contributed by atoms with van der Waals surface area (Å²) in [6.45, 7) is 21.3. The summed E-state index contributed by atoms with van der Waals surface area (Å²) in [7, 11) is 0. The summed E-state index contributed by atoms with van der Waals surface area (Å²) >= 11 is 0. The summed E-state index contributed by atoms with van der Waals surface area (Å²) < 4.78 is 6.41. The van der Waals surface area contributed by atoms with Gasteiger partial charge in [0.15, 0.2) is 0 Å². The van der Waals surface area contributed by atoms with E-state index in [4.69, 9.17) is 4.74 Å². The molecule has 0 aromatic carbocycles. The molecule has 0 aromatic heterocycles. The Hall–Kier alpha value is -0.610. The standard InChI is InChI=1S/C48H86O4/c1-10-11-12-13-14-15-16-17-18-19-20-21-22-23-24-25-41(50)52-40-30-32-45(6)37(43(40,2)3)29-33-47(8)38(45)27-26-36-42-35(44(4,5)51)28-31-46(42,7)39(49)34-48(36,47)9/h35-40,42,49,51H,10-34H2,1-9H3. The van der Waals surface area contributed by atoms with E-state index >= 15 is 0 Å². The van der Waals surface area contributed by atoms with Gasteiger partial charge in [-0.05, 0) is 129 Å². The number of hydrogen-bond acceptors (Lipinski definition) is 4. The van der Waals surface area contributed by atoms with Crippen molar-refractivity contribution in [1.82, 2.24) is 0 Å². The first kappa shape index (κ1) is 42.5. The number of esters is 1. The summed E-state index contributed by atoms with van der Waals surface area (Å²) in [5.74, 6) is 2.34. The van der Waals surface area contributed by atoms with Gasteiger partial charge in [0.25, 0.3) is 0 Å². The molecule has 5 fully saturated rings. The molecule has 0 heterocycles. The molecule has 0 spiro atoms. The van der Waals surface area contributed by atoms with Crippen LogP contribution in [0.2, 0.25) is 0 Å². The van der Waals surface area contributed by atoms with Crippen LogP contribution in [0, 0.1) is 56.7 Å². The number of carbonyl (C=O) groups is 1. The van der Waals surface area contributed by atoms with Gasteiger partial charge >= 0.3 is 5.97 Å². The van der Waals surface area contributed by atoms with Crippen LogP contribution >= 0.6 is 0 Å². The van der Waals surface area contributed by atoms with Crippen molar-refractivity contribution in [2.75, 3.05) is 0 Å². The molecular formula is C48H86O4. The molecule has 4 heteroatoms. The Morgan fingerprint density at radius 1 is 0.654 bits per heavy atom. The zero-order chi connectivity index (χ0) is 38.0. The zero-order valence-electron chi connectivity index (χ0n) is 35.9. The van der Waals surface area contributed by atoms with Crippen LogP contribution < -0.4 is 0 Å². The summed E-state index contributed by atoms with van der Waals surface area (Å²) in [5, 5.41) is 23.4. The third-order valence-electron chi connectivity index (χ3n) is 18.0. The minimum absolute atomic E-state index is 0.00828. The Labute approximate surface area is 322 Å².